The van der Waals surface area contributed by atoms with E-state index in [4.69, 9.17) is 0 Å². The van der Waals surface area contributed by atoms with E-state index in [1.165, 1.54) is 15.6 Å². The van der Waals surface area contributed by atoms with Crippen LogP contribution in [0.1, 0.15) is 36.9 Å². The molecular weight excluding hydrogens is 262 g/mol. The Morgan fingerprint density at radius 1 is 1.44 bits per heavy atom. The lowest BCUT2D eigenvalue weighted by Crippen LogP contribution is -2.17. The van der Waals surface area contributed by atoms with Gasteiger partial charge in [-0.15, -0.1) is 11.8 Å². The molecule has 0 radical (unpaired) electrons. The minimum atomic E-state index is 0.387. The van der Waals surface area contributed by atoms with Crippen LogP contribution in [0, 0.1) is 18.8 Å². The van der Waals surface area contributed by atoms with E-state index in [1.54, 1.807) is 0 Å². The highest BCUT2D eigenvalue weighted by molar-refractivity contribution is 9.10. The lowest BCUT2D eigenvalue weighted by atomic mass is 9.98. The molecule has 1 rings (SSSR count). The van der Waals surface area contributed by atoms with Crippen LogP contribution in [0.25, 0.3) is 0 Å². The summed E-state index contributed by atoms with van der Waals surface area (Å²) in [4.78, 5) is 0. The maximum atomic E-state index is 3.57. The summed E-state index contributed by atoms with van der Waals surface area (Å²) < 4.78 is 1.17. The average Bonchev–Trinajstić information content (AvgIpc) is 2.29. The maximum Gasteiger partial charge on any atom is 0.0329 e. The summed E-state index contributed by atoms with van der Waals surface area (Å²) in [6, 6.07) is 6.73. The van der Waals surface area contributed by atoms with Gasteiger partial charge >= 0.3 is 0 Å². The third-order valence-corrected chi connectivity index (χ3v) is 3.63. The van der Waals surface area contributed by atoms with Gasteiger partial charge in [0.15, 0.2) is 0 Å². The molecule has 0 aliphatic heterocycles. The molecule has 0 bridgehead atoms. The van der Waals surface area contributed by atoms with Crippen molar-refractivity contribution in [2.24, 2.45) is 0 Å². The predicted octanol–water partition coefficient (Wildman–Crippen LogP) is 3.82. The fraction of sp³-hybridized carbons (Fsp3) is 0.429. The lowest BCUT2D eigenvalue weighted by Gasteiger charge is -2.18. The van der Waals surface area contributed by atoms with Crippen LogP contribution in [-0.4, -0.2) is 7.05 Å². The Hall–Kier alpha value is -0.780. The average molecular weight is 280 g/mol. The van der Waals surface area contributed by atoms with Crippen LogP contribution in [0.15, 0.2) is 22.7 Å². The summed E-state index contributed by atoms with van der Waals surface area (Å²) in [7, 11) is 2.00. The fourth-order valence-electron chi connectivity index (χ4n) is 1.80. The van der Waals surface area contributed by atoms with Crippen LogP contribution >= 0.6 is 15.9 Å². The third kappa shape index (κ3) is 3.37. The summed E-state index contributed by atoms with van der Waals surface area (Å²) in [5.41, 5.74) is 2.67. The number of benzene rings is 1. The monoisotopic (exact) mass is 279 g/mol. The Labute approximate surface area is 107 Å². The molecule has 1 N–H and O–H groups in total. The summed E-state index contributed by atoms with van der Waals surface area (Å²) in [5.74, 6) is 6.05. The molecule has 2 heteroatoms. The summed E-state index contributed by atoms with van der Waals surface area (Å²) in [6.07, 6.45) is 1.99. The standard InChI is InChI=1S/C14H18BrN/c1-4-5-6-10-14(16-3)12-8-7-9-13(15)11(12)2/h7-9,14,16H,6,10H2,1-3H3. The Bertz CT molecular complexity index is 401. The lowest BCUT2D eigenvalue weighted by molar-refractivity contribution is 0.555. The first kappa shape index (κ1) is 13.3. The number of rotatable bonds is 4. The smallest absolute Gasteiger partial charge is 0.0329 e. The van der Waals surface area contributed by atoms with E-state index in [0.29, 0.717) is 6.04 Å². The van der Waals surface area contributed by atoms with E-state index in [-0.39, 0.29) is 0 Å². The summed E-state index contributed by atoms with van der Waals surface area (Å²) >= 11 is 3.57. The van der Waals surface area contributed by atoms with Gasteiger partial charge in [-0.3, -0.25) is 0 Å². The Balaban J connectivity index is 2.85. The van der Waals surface area contributed by atoms with Gasteiger partial charge in [-0.05, 0) is 44.5 Å². The SMILES string of the molecule is CC#CCCC(NC)c1cccc(Br)c1C. The molecule has 0 saturated heterocycles. The van der Waals surface area contributed by atoms with Crippen molar-refractivity contribution in [2.45, 2.75) is 32.7 Å². The summed E-state index contributed by atoms with van der Waals surface area (Å²) in [5, 5.41) is 3.36. The minimum Gasteiger partial charge on any atom is -0.313 e. The molecule has 1 aromatic rings. The van der Waals surface area contributed by atoms with Crippen LogP contribution in [0.5, 0.6) is 0 Å². The van der Waals surface area contributed by atoms with Crippen molar-refractivity contribution >= 4 is 15.9 Å². The van der Waals surface area contributed by atoms with Gasteiger partial charge in [-0.1, -0.05) is 28.1 Å². The second-order valence-corrected chi connectivity index (χ2v) is 4.62. The highest BCUT2D eigenvalue weighted by Crippen LogP contribution is 2.26. The third-order valence-electron chi connectivity index (χ3n) is 2.77. The van der Waals surface area contributed by atoms with Crippen LogP contribution in [0.2, 0.25) is 0 Å². The Morgan fingerprint density at radius 3 is 2.81 bits per heavy atom. The molecule has 0 aliphatic carbocycles. The number of nitrogens with one attached hydrogen (secondary N) is 1. The Morgan fingerprint density at radius 2 is 2.19 bits per heavy atom. The predicted molar refractivity (Wildman–Crippen MR) is 73.4 cm³/mol. The highest BCUT2D eigenvalue weighted by atomic mass is 79.9. The van der Waals surface area contributed by atoms with Crippen molar-refractivity contribution in [1.29, 1.82) is 0 Å². The summed E-state index contributed by atoms with van der Waals surface area (Å²) in [6.45, 7) is 4.04. The van der Waals surface area contributed by atoms with Gasteiger partial charge in [-0.2, -0.15) is 0 Å². The number of hydrogen-bond acceptors (Lipinski definition) is 1. The van der Waals surface area contributed by atoms with E-state index < -0.39 is 0 Å². The maximum absolute atomic E-state index is 3.57. The van der Waals surface area contributed by atoms with Crippen molar-refractivity contribution in [3.8, 4) is 11.8 Å². The van der Waals surface area contributed by atoms with Gasteiger partial charge < -0.3 is 5.32 Å². The molecule has 0 fully saturated rings. The molecule has 0 saturated carbocycles. The molecule has 0 spiro atoms. The number of halogens is 1. The van der Waals surface area contributed by atoms with E-state index in [9.17, 15) is 0 Å². The molecule has 1 nitrogen and oxygen atoms in total. The van der Waals surface area contributed by atoms with Crippen molar-refractivity contribution in [1.82, 2.24) is 5.32 Å². The molecule has 86 valence electrons. The van der Waals surface area contributed by atoms with E-state index >= 15 is 0 Å². The Kier molecular flexibility index (Phi) is 5.59. The molecule has 1 atom stereocenters. The first-order valence-corrected chi connectivity index (χ1v) is 6.32. The van der Waals surface area contributed by atoms with Gasteiger partial charge in [0.1, 0.15) is 0 Å². The second-order valence-electron chi connectivity index (χ2n) is 3.76. The van der Waals surface area contributed by atoms with Gasteiger partial charge in [0, 0.05) is 16.9 Å². The zero-order chi connectivity index (χ0) is 12.0. The second kappa shape index (κ2) is 6.73. The molecule has 1 unspecified atom stereocenters. The molecule has 16 heavy (non-hydrogen) atoms. The van der Waals surface area contributed by atoms with Crippen LogP contribution in [-0.2, 0) is 0 Å². The van der Waals surface area contributed by atoms with Crippen molar-refractivity contribution in [2.75, 3.05) is 7.05 Å². The van der Waals surface area contributed by atoms with Gasteiger partial charge in [0.2, 0.25) is 0 Å². The quantitative estimate of drug-likeness (QED) is 0.827. The van der Waals surface area contributed by atoms with Crippen LogP contribution in [0.4, 0.5) is 0 Å². The van der Waals surface area contributed by atoms with Crippen molar-refractivity contribution < 1.29 is 0 Å². The van der Waals surface area contributed by atoms with Gasteiger partial charge in [-0.25, -0.2) is 0 Å². The van der Waals surface area contributed by atoms with Crippen molar-refractivity contribution in [3.63, 3.8) is 0 Å². The zero-order valence-electron chi connectivity index (χ0n) is 10.1. The van der Waals surface area contributed by atoms with Gasteiger partial charge in [0.05, 0.1) is 0 Å². The molecule has 0 amide bonds. The van der Waals surface area contributed by atoms with Crippen molar-refractivity contribution in [3.05, 3.63) is 33.8 Å². The van der Waals surface area contributed by atoms with E-state index in [2.05, 4.69) is 58.2 Å². The van der Waals surface area contributed by atoms with Crippen LogP contribution in [0.3, 0.4) is 0 Å². The normalized spacial score (nSPS) is 11.8. The molecular formula is C14H18BrN. The molecule has 0 heterocycles. The zero-order valence-corrected chi connectivity index (χ0v) is 11.7. The molecule has 0 aliphatic rings. The van der Waals surface area contributed by atoms with E-state index in [0.717, 1.165) is 12.8 Å². The first-order chi connectivity index (χ1) is 7.70. The van der Waals surface area contributed by atoms with E-state index in [1.807, 2.05) is 14.0 Å². The topological polar surface area (TPSA) is 12.0 Å². The van der Waals surface area contributed by atoms with Crippen LogP contribution < -0.4 is 5.32 Å². The largest absolute Gasteiger partial charge is 0.313 e. The van der Waals surface area contributed by atoms with Gasteiger partial charge in [0.25, 0.3) is 0 Å². The highest BCUT2D eigenvalue weighted by Gasteiger charge is 2.11. The molecule has 1 aromatic carbocycles. The molecule has 0 aromatic heterocycles. The fourth-order valence-corrected chi connectivity index (χ4v) is 2.18. The first-order valence-electron chi connectivity index (χ1n) is 5.52. The minimum absolute atomic E-state index is 0.387. The number of hydrogen-bond donors (Lipinski definition) is 1.